The van der Waals surface area contributed by atoms with Gasteiger partial charge in [-0.1, -0.05) is 32.0 Å². The molecular formula is C38H53N7O3. The highest BCUT2D eigenvalue weighted by Crippen LogP contribution is 2.45. The minimum absolute atomic E-state index is 0.244. The first-order chi connectivity index (χ1) is 22.7. The summed E-state index contributed by atoms with van der Waals surface area (Å²) in [4.78, 5) is 36.9. The van der Waals surface area contributed by atoms with E-state index in [9.17, 15) is 9.90 Å². The van der Waals surface area contributed by atoms with Crippen LogP contribution in [0.3, 0.4) is 0 Å². The fourth-order valence-corrected chi connectivity index (χ4v) is 7.34. The number of piperidine rings is 1. The van der Waals surface area contributed by atoms with E-state index in [0.717, 1.165) is 106 Å². The molecule has 10 heteroatoms. The van der Waals surface area contributed by atoms with Crippen molar-refractivity contribution in [3.63, 3.8) is 0 Å². The van der Waals surface area contributed by atoms with Crippen LogP contribution in [-0.2, 0) is 22.5 Å². The van der Waals surface area contributed by atoms with Crippen molar-refractivity contribution >= 4 is 23.4 Å². The molecule has 6 rings (SSSR count). The molecule has 3 aromatic rings. The van der Waals surface area contributed by atoms with Gasteiger partial charge in [0.15, 0.2) is 6.10 Å². The van der Waals surface area contributed by atoms with Gasteiger partial charge in [0.2, 0.25) is 5.95 Å². The topological polar surface area (TPSA) is 98.2 Å². The number of rotatable bonds is 7. The van der Waals surface area contributed by atoms with Crippen LogP contribution < -0.4 is 14.7 Å². The largest absolute Gasteiger partial charge is 0.479 e. The lowest BCUT2D eigenvalue weighted by atomic mass is 9.81. The molecule has 0 bridgehead atoms. The van der Waals surface area contributed by atoms with Crippen LogP contribution in [0.2, 0.25) is 0 Å². The Bertz CT molecular complexity index is 1650. The standard InChI is InChI=1S/C38H53N7O3/c1-25-31(33(44-17-13-38(6,7)14-18-44)32(26(2)40-25)34(35(46)47)48-37(3,4)5)28-9-10-29-24-45(16-12-27(29)23-28)36-39-15-11-30(41-36)43-21-19-42(8)20-22-43/h9-11,15,23,34H,12-14,16-22,24H2,1-8H3,(H,46,47)/t34-/m0/s1. The summed E-state index contributed by atoms with van der Waals surface area (Å²) in [5.41, 5.74) is 7.47. The fraction of sp³-hybridized carbons (Fsp3) is 0.579. The normalized spacial score (nSPS) is 19.3. The van der Waals surface area contributed by atoms with E-state index in [1.165, 1.54) is 11.1 Å². The van der Waals surface area contributed by atoms with Crippen LogP contribution in [0.5, 0.6) is 0 Å². The number of carboxylic acid groups (broad SMARTS) is 1. The molecule has 5 heterocycles. The molecule has 0 amide bonds. The molecule has 10 nitrogen and oxygen atoms in total. The van der Waals surface area contributed by atoms with E-state index in [2.05, 4.69) is 70.6 Å². The van der Waals surface area contributed by atoms with E-state index in [4.69, 9.17) is 14.7 Å². The average Bonchev–Trinajstić information content (AvgIpc) is 3.03. The lowest BCUT2D eigenvalue weighted by Gasteiger charge is -2.41. The van der Waals surface area contributed by atoms with Crippen LogP contribution in [0.25, 0.3) is 11.1 Å². The fourth-order valence-electron chi connectivity index (χ4n) is 7.34. The van der Waals surface area contributed by atoms with Gasteiger partial charge in [0.25, 0.3) is 0 Å². The molecule has 0 radical (unpaired) electrons. The summed E-state index contributed by atoms with van der Waals surface area (Å²) in [7, 11) is 2.16. The molecule has 3 aliphatic rings. The molecule has 48 heavy (non-hydrogen) atoms. The van der Waals surface area contributed by atoms with Crippen molar-refractivity contribution in [1.82, 2.24) is 19.9 Å². The summed E-state index contributed by atoms with van der Waals surface area (Å²) in [6.45, 7) is 21.6. The maximum atomic E-state index is 12.9. The number of nitrogens with zero attached hydrogens (tertiary/aromatic N) is 7. The third-order valence-corrected chi connectivity index (χ3v) is 10.2. The van der Waals surface area contributed by atoms with Crippen LogP contribution in [0.15, 0.2) is 30.5 Å². The number of aliphatic carboxylic acids is 1. The van der Waals surface area contributed by atoms with Gasteiger partial charge in [0, 0.05) is 81.1 Å². The summed E-state index contributed by atoms with van der Waals surface area (Å²) in [6, 6.07) is 8.73. The highest BCUT2D eigenvalue weighted by molar-refractivity contribution is 5.88. The lowest BCUT2D eigenvalue weighted by molar-refractivity contribution is -0.160. The maximum Gasteiger partial charge on any atom is 0.337 e. The number of hydrogen-bond donors (Lipinski definition) is 1. The predicted molar refractivity (Wildman–Crippen MR) is 192 cm³/mol. The molecular weight excluding hydrogens is 602 g/mol. The minimum atomic E-state index is -1.13. The van der Waals surface area contributed by atoms with Gasteiger partial charge in [-0.25, -0.2) is 9.78 Å². The lowest BCUT2D eigenvalue weighted by Crippen LogP contribution is -2.45. The molecule has 3 aliphatic heterocycles. The second-order valence-corrected chi connectivity index (χ2v) is 15.7. The van der Waals surface area contributed by atoms with Gasteiger partial charge in [0.05, 0.1) is 11.3 Å². The SMILES string of the molecule is Cc1nc(C)c([C@H](OC(C)(C)C)C(=O)O)c(N2CCC(C)(C)CC2)c1-c1ccc2c(c1)CCN(c1nccc(N3CCN(C)CC3)n1)C2. The number of likely N-dealkylation sites (N-methyl/N-ethyl adjacent to an activating group) is 1. The van der Waals surface area contributed by atoms with E-state index in [1.807, 2.05) is 40.0 Å². The second-order valence-electron chi connectivity index (χ2n) is 15.7. The Balaban J connectivity index is 1.36. The Labute approximate surface area is 286 Å². The number of anilines is 3. The van der Waals surface area contributed by atoms with E-state index in [-0.39, 0.29) is 5.41 Å². The average molecular weight is 656 g/mol. The minimum Gasteiger partial charge on any atom is -0.479 e. The van der Waals surface area contributed by atoms with E-state index in [0.29, 0.717) is 11.3 Å². The highest BCUT2D eigenvalue weighted by atomic mass is 16.5. The first-order valence-electron chi connectivity index (χ1n) is 17.5. The second kappa shape index (κ2) is 13.3. The van der Waals surface area contributed by atoms with Crippen molar-refractivity contribution in [2.75, 3.05) is 67.6 Å². The van der Waals surface area contributed by atoms with Gasteiger partial charge in [-0.2, -0.15) is 4.98 Å². The molecule has 1 atom stereocenters. The maximum absolute atomic E-state index is 12.9. The van der Waals surface area contributed by atoms with E-state index >= 15 is 0 Å². The van der Waals surface area contributed by atoms with Gasteiger partial charge in [0.1, 0.15) is 5.82 Å². The molecule has 2 fully saturated rings. The molecule has 2 saturated heterocycles. The van der Waals surface area contributed by atoms with Crippen LogP contribution >= 0.6 is 0 Å². The Morgan fingerprint density at radius 3 is 2.27 bits per heavy atom. The van der Waals surface area contributed by atoms with Crippen LogP contribution in [0, 0.1) is 19.3 Å². The summed E-state index contributed by atoms with van der Waals surface area (Å²) < 4.78 is 6.28. The van der Waals surface area contributed by atoms with Crippen LogP contribution in [-0.4, -0.2) is 89.4 Å². The van der Waals surface area contributed by atoms with Crippen molar-refractivity contribution in [2.45, 2.75) is 86.0 Å². The third kappa shape index (κ3) is 7.29. The molecule has 0 aliphatic carbocycles. The smallest absolute Gasteiger partial charge is 0.337 e. The van der Waals surface area contributed by atoms with E-state index < -0.39 is 17.7 Å². The quantitative estimate of drug-likeness (QED) is 0.325. The zero-order chi connectivity index (χ0) is 34.4. The molecule has 0 unspecified atom stereocenters. The van der Waals surface area contributed by atoms with Gasteiger partial charge in [-0.15, -0.1) is 0 Å². The molecule has 258 valence electrons. The number of hydrogen-bond acceptors (Lipinski definition) is 9. The van der Waals surface area contributed by atoms with Crippen LogP contribution in [0.4, 0.5) is 17.5 Å². The van der Waals surface area contributed by atoms with Crippen molar-refractivity contribution < 1.29 is 14.6 Å². The monoisotopic (exact) mass is 655 g/mol. The van der Waals surface area contributed by atoms with Crippen molar-refractivity contribution in [3.8, 4) is 11.1 Å². The molecule has 0 spiro atoms. The summed E-state index contributed by atoms with van der Waals surface area (Å²) in [6.07, 6.45) is 3.68. The Morgan fingerprint density at radius 2 is 1.60 bits per heavy atom. The first-order valence-corrected chi connectivity index (χ1v) is 17.5. The molecule has 1 aromatic carbocycles. The first kappa shape index (κ1) is 34.1. The van der Waals surface area contributed by atoms with Gasteiger partial charge < -0.3 is 29.4 Å². The number of pyridine rings is 1. The molecule has 2 aromatic heterocycles. The van der Waals surface area contributed by atoms with Crippen LogP contribution in [0.1, 0.15) is 81.6 Å². The number of carbonyl (C=O) groups is 1. The number of fused-ring (bicyclic) bond motifs is 1. The number of piperazine rings is 1. The van der Waals surface area contributed by atoms with Crippen molar-refractivity contribution in [2.24, 2.45) is 5.41 Å². The Hall–Kier alpha value is -3.76. The summed E-state index contributed by atoms with van der Waals surface area (Å²) >= 11 is 0. The van der Waals surface area contributed by atoms with Gasteiger partial charge in [-0.3, -0.25) is 4.98 Å². The van der Waals surface area contributed by atoms with Crippen molar-refractivity contribution in [3.05, 3.63) is 58.5 Å². The Kier molecular flexibility index (Phi) is 9.43. The third-order valence-electron chi connectivity index (χ3n) is 10.2. The zero-order valence-electron chi connectivity index (χ0n) is 30.1. The number of aromatic nitrogens is 3. The zero-order valence-corrected chi connectivity index (χ0v) is 30.1. The number of ether oxygens (including phenoxy) is 1. The van der Waals surface area contributed by atoms with Gasteiger partial charge >= 0.3 is 5.97 Å². The summed E-state index contributed by atoms with van der Waals surface area (Å²) in [5.74, 6) is 0.780. The Morgan fingerprint density at radius 1 is 0.896 bits per heavy atom. The summed E-state index contributed by atoms with van der Waals surface area (Å²) in [5, 5.41) is 10.5. The van der Waals surface area contributed by atoms with Gasteiger partial charge in [-0.05, 0) is 89.1 Å². The number of carboxylic acids is 1. The number of aryl methyl sites for hydroxylation is 2. The number of benzene rings is 1. The highest BCUT2D eigenvalue weighted by Gasteiger charge is 2.37. The molecule has 1 N–H and O–H groups in total. The van der Waals surface area contributed by atoms with Crippen molar-refractivity contribution in [1.29, 1.82) is 0 Å². The van der Waals surface area contributed by atoms with E-state index in [1.54, 1.807) is 0 Å². The predicted octanol–water partition coefficient (Wildman–Crippen LogP) is 6.04. The molecule has 0 saturated carbocycles.